The Labute approximate surface area is 94.2 Å². The second-order valence-corrected chi connectivity index (χ2v) is 3.42. The summed E-state index contributed by atoms with van der Waals surface area (Å²) in [6.07, 6.45) is 5.35. The molecule has 0 saturated heterocycles. The lowest BCUT2D eigenvalue weighted by Gasteiger charge is -1.98. The molecule has 82 valence electrons. The predicted molar refractivity (Wildman–Crippen MR) is 62.7 cm³/mol. The standard InChI is InChI=1S/C13H13NO2/c1-2-16-13(15)10-14-8-7-11-5-3-4-6-12(11)9-14/h3-10H,2H2,1H3/p+1/b13-10+. The summed E-state index contributed by atoms with van der Waals surface area (Å²) >= 11 is 0. The molecule has 0 aliphatic rings. The second-order valence-electron chi connectivity index (χ2n) is 3.42. The zero-order chi connectivity index (χ0) is 11.4. The normalized spacial score (nSPS) is 11.7. The highest BCUT2D eigenvalue weighted by Gasteiger charge is 2.02. The van der Waals surface area contributed by atoms with E-state index in [9.17, 15) is 5.11 Å². The maximum absolute atomic E-state index is 9.39. The average molecular weight is 216 g/mol. The van der Waals surface area contributed by atoms with E-state index >= 15 is 0 Å². The zero-order valence-corrected chi connectivity index (χ0v) is 9.13. The lowest BCUT2D eigenvalue weighted by atomic mass is 10.2. The Bertz CT molecular complexity index is 520. The van der Waals surface area contributed by atoms with Crippen LogP contribution in [0.2, 0.25) is 0 Å². The number of benzene rings is 1. The Balaban J connectivity index is 2.36. The highest BCUT2D eigenvalue weighted by atomic mass is 16.6. The van der Waals surface area contributed by atoms with Gasteiger partial charge >= 0.3 is 5.95 Å². The molecule has 0 amide bonds. The van der Waals surface area contributed by atoms with E-state index in [4.69, 9.17) is 4.74 Å². The highest BCUT2D eigenvalue weighted by molar-refractivity contribution is 5.80. The van der Waals surface area contributed by atoms with Crippen LogP contribution in [0, 0.1) is 0 Å². The van der Waals surface area contributed by atoms with Gasteiger partial charge in [0.15, 0.2) is 12.4 Å². The smallest absolute Gasteiger partial charge is 0.344 e. The monoisotopic (exact) mass is 216 g/mol. The molecule has 0 radical (unpaired) electrons. The Morgan fingerprint density at radius 2 is 2.06 bits per heavy atom. The third-order valence-electron chi connectivity index (χ3n) is 2.26. The number of aliphatic hydroxyl groups is 1. The molecule has 16 heavy (non-hydrogen) atoms. The molecule has 0 atom stereocenters. The van der Waals surface area contributed by atoms with Gasteiger partial charge in [-0.3, -0.25) is 0 Å². The quantitative estimate of drug-likeness (QED) is 0.631. The van der Waals surface area contributed by atoms with Gasteiger partial charge in [0, 0.05) is 11.5 Å². The Hall–Kier alpha value is -2.03. The first-order valence-electron chi connectivity index (χ1n) is 5.22. The van der Waals surface area contributed by atoms with Crippen molar-refractivity contribution in [3.63, 3.8) is 0 Å². The summed E-state index contributed by atoms with van der Waals surface area (Å²) in [5.41, 5.74) is 0. The summed E-state index contributed by atoms with van der Waals surface area (Å²) in [5.74, 6) is -0.0808. The van der Waals surface area contributed by atoms with Gasteiger partial charge in [-0.25, -0.2) is 0 Å². The zero-order valence-electron chi connectivity index (χ0n) is 9.13. The van der Waals surface area contributed by atoms with Crippen molar-refractivity contribution in [3.8, 4) is 0 Å². The molecule has 0 bridgehead atoms. The number of aliphatic hydroxyl groups excluding tert-OH is 1. The first-order valence-corrected chi connectivity index (χ1v) is 5.22. The predicted octanol–water partition coefficient (Wildman–Crippen LogP) is 2.48. The first-order chi connectivity index (χ1) is 7.79. The van der Waals surface area contributed by atoms with Crippen molar-refractivity contribution < 1.29 is 14.4 Å². The van der Waals surface area contributed by atoms with Crippen LogP contribution in [0.5, 0.6) is 0 Å². The van der Waals surface area contributed by atoms with Gasteiger partial charge < -0.3 is 9.84 Å². The van der Waals surface area contributed by atoms with E-state index in [1.807, 2.05) is 49.6 Å². The molecule has 0 spiro atoms. The Morgan fingerprint density at radius 3 is 2.81 bits per heavy atom. The maximum Gasteiger partial charge on any atom is 0.344 e. The molecular formula is C13H14NO2+. The lowest BCUT2D eigenvalue weighted by molar-refractivity contribution is -0.569. The van der Waals surface area contributed by atoms with Crippen LogP contribution in [0.3, 0.4) is 0 Å². The van der Waals surface area contributed by atoms with E-state index in [2.05, 4.69) is 0 Å². The van der Waals surface area contributed by atoms with Crippen molar-refractivity contribution in [3.05, 3.63) is 48.7 Å². The minimum Gasteiger partial charge on any atom is -0.477 e. The van der Waals surface area contributed by atoms with Crippen molar-refractivity contribution in [2.75, 3.05) is 6.61 Å². The van der Waals surface area contributed by atoms with Gasteiger partial charge in [-0.15, -0.1) is 0 Å². The van der Waals surface area contributed by atoms with E-state index in [-0.39, 0.29) is 5.95 Å². The van der Waals surface area contributed by atoms with Gasteiger partial charge in [-0.1, -0.05) is 18.2 Å². The molecule has 1 N–H and O–H groups in total. The first kappa shape index (κ1) is 10.5. The molecule has 3 nitrogen and oxygen atoms in total. The van der Waals surface area contributed by atoms with Crippen molar-refractivity contribution in [2.45, 2.75) is 6.92 Å². The van der Waals surface area contributed by atoms with Crippen LogP contribution < -0.4 is 4.57 Å². The Kier molecular flexibility index (Phi) is 3.05. The number of hydrogen-bond acceptors (Lipinski definition) is 2. The van der Waals surface area contributed by atoms with Crippen molar-refractivity contribution >= 4 is 17.0 Å². The molecule has 0 saturated carbocycles. The summed E-state index contributed by atoms with van der Waals surface area (Å²) in [5, 5.41) is 11.7. The van der Waals surface area contributed by atoms with Crippen LogP contribution in [-0.2, 0) is 4.74 Å². The summed E-state index contributed by atoms with van der Waals surface area (Å²) in [4.78, 5) is 0. The van der Waals surface area contributed by atoms with Gasteiger partial charge in [-0.05, 0) is 18.4 Å². The summed E-state index contributed by atoms with van der Waals surface area (Å²) in [6.45, 7) is 2.28. The van der Waals surface area contributed by atoms with Crippen molar-refractivity contribution in [2.24, 2.45) is 0 Å². The van der Waals surface area contributed by atoms with Crippen LogP contribution in [0.15, 0.2) is 48.7 Å². The minimum absolute atomic E-state index is 0.0808. The SMILES string of the molecule is CCO/C(O)=C/[n+]1ccc2ccccc2c1. The molecule has 2 rings (SSSR count). The molecular weight excluding hydrogens is 202 g/mol. The van der Waals surface area contributed by atoms with Crippen LogP contribution >= 0.6 is 0 Å². The van der Waals surface area contributed by atoms with Gasteiger partial charge in [0.1, 0.15) is 0 Å². The molecule has 1 aromatic heterocycles. The number of ether oxygens (including phenoxy) is 1. The molecule has 0 aliphatic heterocycles. The Morgan fingerprint density at radius 1 is 1.31 bits per heavy atom. The van der Waals surface area contributed by atoms with E-state index in [1.54, 1.807) is 4.57 Å². The average Bonchev–Trinajstić information content (AvgIpc) is 2.29. The fourth-order valence-electron chi connectivity index (χ4n) is 1.54. The molecule has 1 aromatic carbocycles. The third kappa shape index (κ3) is 2.31. The number of nitrogens with zero attached hydrogens (tertiary/aromatic N) is 1. The third-order valence-corrected chi connectivity index (χ3v) is 2.26. The molecule has 1 heterocycles. The number of pyridine rings is 1. The van der Waals surface area contributed by atoms with Crippen LogP contribution in [-0.4, -0.2) is 11.7 Å². The highest BCUT2D eigenvalue weighted by Crippen LogP contribution is 2.09. The largest absolute Gasteiger partial charge is 0.477 e. The van der Waals surface area contributed by atoms with Crippen molar-refractivity contribution in [1.82, 2.24) is 0 Å². The fraction of sp³-hybridized carbons (Fsp3) is 0.154. The van der Waals surface area contributed by atoms with Crippen molar-refractivity contribution in [1.29, 1.82) is 0 Å². The van der Waals surface area contributed by atoms with E-state index < -0.39 is 0 Å². The number of rotatable bonds is 3. The maximum atomic E-state index is 9.39. The molecule has 2 aromatic rings. The van der Waals surface area contributed by atoms with Gasteiger partial charge in [0.05, 0.1) is 6.61 Å². The fourth-order valence-corrected chi connectivity index (χ4v) is 1.54. The topological polar surface area (TPSA) is 33.3 Å². The summed E-state index contributed by atoms with van der Waals surface area (Å²) in [6, 6.07) is 10.0. The second kappa shape index (κ2) is 4.66. The number of aromatic nitrogens is 1. The number of hydrogen-bond donors (Lipinski definition) is 1. The van der Waals surface area contributed by atoms with E-state index in [0.29, 0.717) is 6.61 Å². The summed E-state index contributed by atoms with van der Waals surface area (Å²) in [7, 11) is 0. The van der Waals surface area contributed by atoms with Crippen LogP contribution in [0.1, 0.15) is 6.92 Å². The van der Waals surface area contributed by atoms with Gasteiger partial charge in [-0.2, -0.15) is 4.57 Å². The summed E-state index contributed by atoms with van der Waals surface area (Å²) < 4.78 is 6.72. The van der Waals surface area contributed by atoms with Crippen LogP contribution in [0.4, 0.5) is 0 Å². The van der Waals surface area contributed by atoms with Gasteiger partial charge in [0.25, 0.3) is 6.20 Å². The lowest BCUT2D eigenvalue weighted by Crippen LogP contribution is -2.25. The molecule has 3 heteroatoms. The minimum atomic E-state index is -0.0808. The molecule has 0 fully saturated rings. The van der Waals surface area contributed by atoms with E-state index in [0.717, 1.165) is 5.39 Å². The number of fused-ring (bicyclic) bond motifs is 1. The van der Waals surface area contributed by atoms with Crippen LogP contribution in [0.25, 0.3) is 17.0 Å². The van der Waals surface area contributed by atoms with Gasteiger partial charge in [0.2, 0.25) is 0 Å². The molecule has 0 aliphatic carbocycles. The molecule has 0 unspecified atom stereocenters. The van der Waals surface area contributed by atoms with E-state index in [1.165, 1.54) is 11.6 Å².